The van der Waals surface area contributed by atoms with Gasteiger partial charge in [-0.25, -0.2) is 4.79 Å². The Morgan fingerprint density at radius 3 is 2.58 bits per heavy atom. The third-order valence-electron chi connectivity index (χ3n) is 3.62. The molecule has 1 fully saturated rings. The first kappa shape index (κ1) is 16.2. The minimum Gasteiger partial charge on any atom is -0.393 e. The molecule has 0 heterocycles. The van der Waals surface area contributed by atoms with Gasteiger partial charge in [0.15, 0.2) is 0 Å². The molecule has 1 aliphatic carbocycles. The average Bonchev–Trinajstić information content (AvgIpc) is 2.28. The molecule has 0 aromatic carbocycles. The summed E-state index contributed by atoms with van der Waals surface area (Å²) in [6.45, 7) is 6.28. The van der Waals surface area contributed by atoms with Crippen LogP contribution in [0.2, 0.25) is 0 Å². The Hall–Kier alpha value is -0.810. The van der Waals surface area contributed by atoms with Crippen LogP contribution in [0.1, 0.15) is 52.9 Å². The van der Waals surface area contributed by atoms with Crippen molar-refractivity contribution >= 4 is 6.03 Å². The number of carbonyl (C=O) groups excluding carboxylic acids is 1. The molecule has 112 valence electrons. The molecule has 5 nitrogen and oxygen atoms in total. The van der Waals surface area contributed by atoms with E-state index >= 15 is 0 Å². The minimum absolute atomic E-state index is 0.131. The second-order valence-electron chi connectivity index (χ2n) is 6.50. The van der Waals surface area contributed by atoms with E-state index < -0.39 is 6.10 Å². The molecule has 3 unspecified atom stereocenters. The molecule has 0 spiro atoms. The van der Waals surface area contributed by atoms with E-state index in [9.17, 15) is 15.0 Å². The van der Waals surface area contributed by atoms with Gasteiger partial charge in [-0.2, -0.15) is 0 Å². The van der Waals surface area contributed by atoms with Crippen LogP contribution in [-0.4, -0.2) is 41.0 Å². The van der Waals surface area contributed by atoms with E-state index in [2.05, 4.69) is 10.6 Å². The van der Waals surface area contributed by atoms with Crippen LogP contribution in [-0.2, 0) is 0 Å². The number of urea groups is 1. The SMILES string of the molecule is CC(O)CC(C)(C)CNC(=O)NC1CCCCC1O. The fourth-order valence-electron chi connectivity index (χ4n) is 2.69. The Morgan fingerprint density at radius 2 is 2.00 bits per heavy atom. The predicted molar refractivity (Wildman–Crippen MR) is 74.9 cm³/mol. The van der Waals surface area contributed by atoms with Crippen LogP contribution < -0.4 is 10.6 Å². The minimum atomic E-state index is -0.426. The quantitative estimate of drug-likeness (QED) is 0.610. The van der Waals surface area contributed by atoms with Gasteiger partial charge in [-0.15, -0.1) is 0 Å². The molecule has 3 atom stereocenters. The normalized spacial score (nSPS) is 25.7. The summed E-state index contributed by atoms with van der Waals surface area (Å²) in [5, 5.41) is 24.8. The molecule has 1 aliphatic rings. The summed E-state index contributed by atoms with van der Waals surface area (Å²) in [5.74, 6) is 0. The summed E-state index contributed by atoms with van der Waals surface area (Å²) in [6, 6.07) is -0.363. The number of aliphatic hydroxyl groups is 2. The van der Waals surface area contributed by atoms with Gasteiger partial charge < -0.3 is 20.8 Å². The largest absolute Gasteiger partial charge is 0.393 e. The van der Waals surface area contributed by atoms with E-state index in [1.807, 2.05) is 13.8 Å². The highest BCUT2D eigenvalue weighted by Gasteiger charge is 2.25. The topological polar surface area (TPSA) is 81.6 Å². The van der Waals surface area contributed by atoms with Crippen molar-refractivity contribution in [3.63, 3.8) is 0 Å². The lowest BCUT2D eigenvalue weighted by molar-refractivity contribution is 0.0934. The molecule has 0 bridgehead atoms. The number of hydrogen-bond acceptors (Lipinski definition) is 3. The van der Waals surface area contributed by atoms with E-state index in [4.69, 9.17) is 0 Å². The van der Waals surface area contributed by atoms with Crippen molar-refractivity contribution in [2.24, 2.45) is 5.41 Å². The highest BCUT2D eigenvalue weighted by atomic mass is 16.3. The monoisotopic (exact) mass is 272 g/mol. The summed E-state index contributed by atoms with van der Waals surface area (Å²) >= 11 is 0. The zero-order chi connectivity index (χ0) is 14.5. The highest BCUT2D eigenvalue weighted by molar-refractivity contribution is 5.74. The van der Waals surface area contributed by atoms with Crippen molar-refractivity contribution in [3.8, 4) is 0 Å². The molecule has 2 amide bonds. The first-order chi connectivity index (χ1) is 8.80. The Kier molecular flexibility index (Phi) is 6.07. The average molecular weight is 272 g/mol. The first-order valence-corrected chi connectivity index (χ1v) is 7.21. The molecular weight excluding hydrogens is 244 g/mol. The molecule has 0 aromatic heterocycles. The number of nitrogens with one attached hydrogen (secondary N) is 2. The third kappa shape index (κ3) is 6.25. The summed E-state index contributed by atoms with van der Waals surface area (Å²) in [6.07, 6.45) is 3.52. The van der Waals surface area contributed by atoms with Crippen molar-refractivity contribution in [1.29, 1.82) is 0 Å². The fraction of sp³-hybridized carbons (Fsp3) is 0.929. The van der Waals surface area contributed by atoms with Crippen LogP contribution in [0, 0.1) is 5.41 Å². The molecule has 5 heteroatoms. The molecule has 0 aliphatic heterocycles. The number of aliphatic hydroxyl groups excluding tert-OH is 2. The van der Waals surface area contributed by atoms with Crippen molar-refractivity contribution in [1.82, 2.24) is 10.6 Å². The molecule has 0 saturated heterocycles. The van der Waals surface area contributed by atoms with Gasteiger partial charge in [0.2, 0.25) is 0 Å². The van der Waals surface area contributed by atoms with E-state index in [1.165, 1.54) is 0 Å². The van der Waals surface area contributed by atoms with Gasteiger partial charge in [-0.05, 0) is 31.6 Å². The maximum Gasteiger partial charge on any atom is 0.315 e. The second kappa shape index (κ2) is 7.10. The summed E-state index contributed by atoms with van der Waals surface area (Å²) in [7, 11) is 0. The number of amides is 2. The van der Waals surface area contributed by atoms with Gasteiger partial charge in [0.25, 0.3) is 0 Å². The van der Waals surface area contributed by atoms with Crippen molar-refractivity contribution in [2.45, 2.75) is 71.1 Å². The highest BCUT2D eigenvalue weighted by Crippen LogP contribution is 2.21. The first-order valence-electron chi connectivity index (χ1n) is 7.21. The van der Waals surface area contributed by atoms with Crippen molar-refractivity contribution in [3.05, 3.63) is 0 Å². The van der Waals surface area contributed by atoms with Gasteiger partial charge in [-0.1, -0.05) is 26.7 Å². The Morgan fingerprint density at radius 1 is 1.37 bits per heavy atom. The zero-order valence-corrected chi connectivity index (χ0v) is 12.3. The summed E-state index contributed by atoms with van der Waals surface area (Å²) < 4.78 is 0. The number of hydrogen-bond donors (Lipinski definition) is 4. The molecular formula is C14H28N2O3. The Balaban J connectivity index is 2.31. The standard InChI is InChI=1S/C14H28N2O3/c1-10(17)8-14(2,3)9-15-13(19)16-11-6-4-5-7-12(11)18/h10-12,17-18H,4-9H2,1-3H3,(H2,15,16,19). The molecule has 0 aromatic rings. The summed E-state index contributed by atoms with van der Waals surface area (Å²) in [4.78, 5) is 11.8. The van der Waals surface area contributed by atoms with Gasteiger partial charge in [0, 0.05) is 6.54 Å². The van der Waals surface area contributed by atoms with Crippen LogP contribution in [0.5, 0.6) is 0 Å². The Labute approximate surface area is 115 Å². The van der Waals surface area contributed by atoms with Crippen LogP contribution in [0.15, 0.2) is 0 Å². The maximum absolute atomic E-state index is 11.8. The van der Waals surface area contributed by atoms with Crippen LogP contribution in [0.4, 0.5) is 4.79 Å². The van der Waals surface area contributed by atoms with E-state index in [0.29, 0.717) is 13.0 Å². The number of carbonyl (C=O) groups is 1. The van der Waals surface area contributed by atoms with Gasteiger partial charge in [-0.3, -0.25) is 0 Å². The molecule has 1 rings (SSSR count). The smallest absolute Gasteiger partial charge is 0.315 e. The lowest BCUT2D eigenvalue weighted by Crippen LogP contribution is -2.50. The van der Waals surface area contributed by atoms with Gasteiger partial charge >= 0.3 is 6.03 Å². The van der Waals surface area contributed by atoms with Crippen molar-refractivity contribution < 1.29 is 15.0 Å². The molecule has 4 N–H and O–H groups in total. The lowest BCUT2D eigenvalue weighted by Gasteiger charge is -2.30. The zero-order valence-electron chi connectivity index (χ0n) is 12.3. The lowest BCUT2D eigenvalue weighted by atomic mass is 9.87. The molecule has 19 heavy (non-hydrogen) atoms. The van der Waals surface area contributed by atoms with Crippen LogP contribution in [0.3, 0.4) is 0 Å². The van der Waals surface area contributed by atoms with Gasteiger partial charge in [0.1, 0.15) is 0 Å². The maximum atomic E-state index is 11.8. The van der Waals surface area contributed by atoms with Crippen molar-refractivity contribution in [2.75, 3.05) is 6.54 Å². The van der Waals surface area contributed by atoms with E-state index in [-0.39, 0.29) is 23.6 Å². The Bertz CT molecular complexity index is 292. The van der Waals surface area contributed by atoms with E-state index in [1.54, 1.807) is 6.92 Å². The fourth-order valence-corrected chi connectivity index (χ4v) is 2.69. The molecule has 0 radical (unpaired) electrons. The third-order valence-corrected chi connectivity index (χ3v) is 3.62. The molecule has 1 saturated carbocycles. The predicted octanol–water partition coefficient (Wildman–Crippen LogP) is 1.39. The van der Waals surface area contributed by atoms with Gasteiger partial charge in [0.05, 0.1) is 18.2 Å². The number of rotatable bonds is 5. The van der Waals surface area contributed by atoms with Crippen LogP contribution in [0.25, 0.3) is 0 Å². The second-order valence-corrected chi connectivity index (χ2v) is 6.50. The summed E-state index contributed by atoms with van der Waals surface area (Å²) in [5.41, 5.74) is -0.142. The van der Waals surface area contributed by atoms with E-state index in [0.717, 1.165) is 25.7 Å². The van der Waals surface area contributed by atoms with Crippen LogP contribution >= 0.6 is 0 Å².